The van der Waals surface area contributed by atoms with Crippen molar-refractivity contribution < 1.29 is 34.3 Å². The number of hydrogen-bond acceptors (Lipinski definition) is 4. The highest BCUT2D eigenvalue weighted by Crippen LogP contribution is 1.86. The summed E-state index contributed by atoms with van der Waals surface area (Å²) in [6.07, 6.45) is 5.55. The van der Waals surface area contributed by atoms with E-state index >= 15 is 0 Å². The van der Waals surface area contributed by atoms with E-state index in [1.54, 1.807) is 0 Å². The van der Waals surface area contributed by atoms with Crippen LogP contribution in [0.1, 0.15) is 26.7 Å². The molecule has 0 saturated carbocycles. The van der Waals surface area contributed by atoms with Crippen LogP contribution in [-0.2, 0) is 28.0 Å². The molecule has 1 rings (SSSR count). The number of hydrogen-bond donors (Lipinski definition) is 2. The molecular formula is C12H20N2O6. The largest absolute Gasteiger partial charge is 0.550 e. The number of aryl methyl sites for hydroxylation is 2. The molecule has 0 amide bonds. The molecule has 0 aliphatic heterocycles. The van der Waals surface area contributed by atoms with E-state index in [2.05, 4.69) is 24.0 Å². The van der Waals surface area contributed by atoms with Crippen molar-refractivity contribution in [3.63, 3.8) is 0 Å². The van der Waals surface area contributed by atoms with Gasteiger partial charge in [-0.2, -0.15) is 0 Å². The number of carbonyl (C=O) groups is 3. The highest BCUT2D eigenvalue weighted by atomic mass is 16.4. The predicted octanol–water partition coefficient (Wildman–Crippen LogP) is -0.975. The Kier molecular flexibility index (Phi) is 11.7. The molecule has 20 heavy (non-hydrogen) atoms. The van der Waals surface area contributed by atoms with Crippen LogP contribution in [0.2, 0.25) is 0 Å². The Balaban J connectivity index is 0. The standard InChI is InChI=1S/C6H11N2.C4H6O4.C2H4O2/c1-3-8-5-4-7(2)6-8;5-3(6)1-2-4(7)8;1-2(3)4/h4-6H,3H2,1-2H3;1-2H2,(H,5,6)(H,7,8);1H3,(H,3,4)/q+1;;/p-1. The lowest BCUT2D eigenvalue weighted by atomic mass is 10.3. The minimum Gasteiger partial charge on any atom is -0.550 e. The van der Waals surface area contributed by atoms with Gasteiger partial charge < -0.3 is 20.1 Å². The van der Waals surface area contributed by atoms with Crippen LogP contribution in [0.25, 0.3) is 0 Å². The van der Waals surface area contributed by atoms with E-state index in [0.717, 1.165) is 13.5 Å². The van der Waals surface area contributed by atoms with E-state index in [1.165, 1.54) is 0 Å². The first-order valence-electron chi connectivity index (χ1n) is 5.81. The minimum atomic E-state index is -1.08. The molecule has 0 fully saturated rings. The van der Waals surface area contributed by atoms with Gasteiger partial charge in [-0.3, -0.25) is 9.59 Å². The molecule has 0 atom stereocenters. The van der Waals surface area contributed by atoms with Crippen LogP contribution in [0.15, 0.2) is 18.7 Å². The molecule has 0 spiro atoms. The SMILES string of the molecule is CC(=O)[O-].CC[n+]1ccn(C)c1.O=C(O)CCC(=O)O. The lowest BCUT2D eigenvalue weighted by Gasteiger charge is -1.85. The Morgan fingerprint density at radius 2 is 1.60 bits per heavy atom. The normalized spacial score (nSPS) is 8.55. The summed E-state index contributed by atoms with van der Waals surface area (Å²) >= 11 is 0. The summed E-state index contributed by atoms with van der Waals surface area (Å²) in [6.45, 7) is 4.15. The summed E-state index contributed by atoms with van der Waals surface area (Å²) in [5, 5.41) is 24.7. The molecule has 2 N–H and O–H groups in total. The zero-order valence-electron chi connectivity index (χ0n) is 11.8. The average Bonchev–Trinajstić information content (AvgIpc) is 2.72. The van der Waals surface area contributed by atoms with Gasteiger partial charge in [-0.1, -0.05) is 0 Å². The van der Waals surface area contributed by atoms with Crippen LogP contribution in [-0.4, -0.2) is 32.7 Å². The molecule has 0 bridgehead atoms. The van der Waals surface area contributed by atoms with E-state index in [4.69, 9.17) is 20.1 Å². The number of rotatable bonds is 4. The molecule has 0 aliphatic carbocycles. The zero-order valence-corrected chi connectivity index (χ0v) is 11.8. The summed E-state index contributed by atoms with van der Waals surface area (Å²) in [4.78, 5) is 28.2. The molecule has 8 nitrogen and oxygen atoms in total. The first-order chi connectivity index (χ1) is 9.18. The number of imidazole rings is 1. The van der Waals surface area contributed by atoms with Gasteiger partial charge in [0, 0.05) is 5.97 Å². The molecule has 8 heteroatoms. The number of aliphatic carboxylic acids is 3. The van der Waals surface area contributed by atoms with Gasteiger partial charge in [-0.05, 0) is 13.8 Å². The van der Waals surface area contributed by atoms with Gasteiger partial charge >= 0.3 is 11.9 Å². The Labute approximate surface area is 116 Å². The second kappa shape index (κ2) is 11.7. The molecule has 0 aliphatic rings. The monoisotopic (exact) mass is 288 g/mol. The fraction of sp³-hybridized carbons (Fsp3) is 0.500. The first kappa shape index (κ1) is 19.9. The number of aromatic nitrogens is 2. The van der Waals surface area contributed by atoms with Crippen molar-refractivity contribution in [2.45, 2.75) is 33.2 Å². The molecule has 0 aromatic carbocycles. The van der Waals surface area contributed by atoms with E-state index in [0.29, 0.717) is 0 Å². The number of nitrogens with zero attached hydrogens (tertiary/aromatic N) is 2. The summed E-state index contributed by atoms with van der Waals surface area (Å²) in [5.41, 5.74) is 0. The summed E-state index contributed by atoms with van der Waals surface area (Å²) in [6, 6.07) is 0. The van der Waals surface area contributed by atoms with Gasteiger partial charge in [-0.15, -0.1) is 0 Å². The second-order valence-electron chi connectivity index (χ2n) is 3.69. The topological polar surface area (TPSA) is 124 Å². The van der Waals surface area contributed by atoms with Crippen molar-refractivity contribution >= 4 is 17.9 Å². The fourth-order valence-corrected chi connectivity index (χ4v) is 0.903. The smallest absolute Gasteiger partial charge is 0.303 e. The molecular weight excluding hydrogens is 268 g/mol. The van der Waals surface area contributed by atoms with Crippen LogP contribution in [0.3, 0.4) is 0 Å². The first-order valence-corrected chi connectivity index (χ1v) is 5.81. The molecule has 1 aromatic rings. The van der Waals surface area contributed by atoms with Gasteiger partial charge in [-0.25, -0.2) is 9.13 Å². The summed E-state index contributed by atoms with van der Waals surface area (Å²) in [7, 11) is 2.02. The fourth-order valence-electron chi connectivity index (χ4n) is 0.903. The Hall–Kier alpha value is -2.38. The average molecular weight is 288 g/mol. The maximum Gasteiger partial charge on any atom is 0.303 e. The summed E-state index contributed by atoms with van der Waals surface area (Å²) in [5.74, 6) is -3.24. The molecule has 1 aromatic heterocycles. The Bertz CT molecular complexity index is 409. The van der Waals surface area contributed by atoms with E-state index in [-0.39, 0.29) is 12.8 Å². The molecule has 114 valence electrons. The Morgan fingerprint density at radius 1 is 1.20 bits per heavy atom. The lowest BCUT2D eigenvalue weighted by Crippen LogP contribution is -2.28. The maximum atomic E-state index is 9.64. The van der Waals surface area contributed by atoms with E-state index in [1.807, 2.05) is 17.8 Å². The zero-order chi connectivity index (χ0) is 16.1. The number of carbonyl (C=O) groups excluding carboxylic acids is 1. The van der Waals surface area contributed by atoms with Crippen LogP contribution in [0.5, 0.6) is 0 Å². The number of carboxylic acid groups (broad SMARTS) is 3. The van der Waals surface area contributed by atoms with Crippen molar-refractivity contribution in [2.24, 2.45) is 7.05 Å². The highest BCUT2D eigenvalue weighted by Gasteiger charge is 2.00. The van der Waals surface area contributed by atoms with Crippen LogP contribution < -0.4 is 9.67 Å². The van der Waals surface area contributed by atoms with Gasteiger partial charge in [0.05, 0.1) is 26.4 Å². The van der Waals surface area contributed by atoms with Crippen molar-refractivity contribution in [1.82, 2.24) is 4.57 Å². The summed E-state index contributed by atoms with van der Waals surface area (Å²) < 4.78 is 4.16. The maximum absolute atomic E-state index is 9.64. The van der Waals surface area contributed by atoms with Crippen molar-refractivity contribution in [2.75, 3.05) is 0 Å². The van der Waals surface area contributed by atoms with Crippen molar-refractivity contribution in [3.8, 4) is 0 Å². The minimum absolute atomic E-state index is 0.296. The third-order valence-corrected chi connectivity index (χ3v) is 1.74. The van der Waals surface area contributed by atoms with E-state index in [9.17, 15) is 9.59 Å². The quantitative estimate of drug-likeness (QED) is 0.687. The van der Waals surface area contributed by atoms with Gasteiger partial charge in [0.25, 0.3) is 0 Å². The lowest BCUT2D eigenvalue weighted by molar-refractivity contribution is -0.693. The van der Waals surface area contributed by atoms with Crippen molar-refractivity contribution in [3.05, 3.63) is 18.7 Å². The molecule has 0 saturated heterocycles. The third kappa shape index (κ3) is 18.0. The van der Waals surface area contributed by atoms with E-state index < -0.39 is 17.9 Å². The molecule has 1 heterocycles. The van der Waals surface area contributed by atoms with Gasteiger partial charge in [0.2, 0.25) is 6.33 Å². The predicted molar refractivity (Wildman–Crippen MR) is 66.5 cm³/mol. The molecule has 0 unspecified atom stereocenters. The third-order valence-electron chi connectivity index (χ3n) is 1.74. The highest BCUT2D eigenvalue weighted by molar-refractivity contribution is 5.75. The van der Waals surface area contributed by atoms with Crippen LogP contribution in [0.4, 0.5) is 0 Å². The molecule has 0 radical (unpaired) electrons. The second-order valence-corrected chi connectivity index (χ2v) is 3.69. The van der Waals surface area contributed by atoms with Crippen molar-refractivity contribution in [1.29, 1.82) is 0 Å². The van der Waals surface area contributed by atoms with Gasteiger partial charge in [0.1, 0.15) is 12.4 Å². The van der Waals surface area contributed by atoms with Gasteiger partial charge in [0.15, 0.2) is 0 Å². The Morgan fingerprint density at radius 3 is 1.75 bits per heavy atom. The van der Waals surface area contributed by atoms with Crippen LogP contribution >= 0.6 is 0 Å². The van der Waals surface area contributed by atoms with Crippen LogP contribution in [0, 0.1) is 0 Å². The number of carboxylic acids is 3.